The number of nitrogens with zero attached hydrogens (tertiary/aromatic N) is 4. The van der Waals surface area contributed by atoms with Crippen LogP contribution in [0.5, 0.6) is 5.75 Å². The maximum Gasteiger partial charge on any atom is 0.261 e. The zero-order chi connectivity index (χ0) is 25.9. The first-order chi connectivity index (χ1) is 18.7. The summed E-state index contributed by atoms with van der Waals surface area (Å²) in [7, 11) is 0. The van der Waals surface area contributed by atoms with Gasteiger partial charge in [-0.15, -0.1) is 0 Å². The number of fused-ring (bicyclic) bond motifs is 2. The van der Waals surface area contributed by atoms with Gasteiger partial charge in [0, 0.05) is 17.1 Å². The molecule has 7 heteroatoms. The van der Waals surface area contributed by atoms with E-state index in [1.807, 2.05) is 104 Å². The van der Waals surface area contributed by atoms with Gasteiger partial charge in [0.05, 0.1) is 40.3 Å². The largest absolute Gasteiger partial charge is 0.492 e. The smallest absolute Gasteiger partial charge is 0.261 e. The van der Waals surface area contributed by atoms with E-state index in [4.69, 9.17) is 14.7 Å². The Bertz CT molecular complexity index is 1740. The molecule has 0 N–H and O–H groups in total. The Morgan fingerprint density at radius 3 is 2.53 bits per heavy atom. The molecule has 3 aromatic carbocycles. The van der Waals surface area contributed by atoms with Crippen molar-refractivity contribution in [1.29, 1.82) is 0 Å². The van der Waals surface area contributed by atoms with Crippen LogP contribution in [0.3, 0.4) is 0 Å². The second-order valence-electron chi connectivity index (χ2n) is 8.68. The summed E-state index contributed by atoms with van der Waals surface area (Å²) in [5, 5.41) is 1.38. The second kappa shape index (κ2) is 10.4. The number of hydrogen-bond acceptors (Lipinski definition) is 6. The Balaban J connectivity index is 1.52. The highest BCUT2D eigenvalue weighted by Gasteiger charge is 2.25. The molecule has 6 aromatic rings. The molecule has 186 valence electrons. The van der Waals surface area contributed by atoms with E-state index in [0.717, 1.165) is 38.1 Å². The average molecular weight is 517 g/mol. The van der Waals surface area contributed by atoms with E-state index < -0.39 is 0 Å². The molecule has 0 aliphatic carbocycles. The maximum atomic E-state index is 14.4. The number of aromatic nitrogens is 3. The van der Waals surface area contributed by atoms with Gasteiger partial charge in [0.15, 0.2) is 5.13 Å². The lowest BCUT2D eigenvalue weighted by atomic mass is 10.0. The molecule has 0 bridgehead atoms. The molecule has 3 heterocycles. The summed E-state index contributed by atoms with van der Waals surface area (Å²) in [5.74, 6) is 0.543. The number of amides is 1. The molecular weight excluding hydrogens is 492 g/mol. The van der Waals surface area contributed by atoms with Crippen LogP contribution in [0.1, 0.15) is 23.0 Å². The lowest BCUT2D eigenvalue weighted by molar-refractivity contribution is 0.0986. The molecule has 0 fully saturated rings. The van der Waals surface area contributed by atoms with Crippen molar-refractivity contribution in [2.24, 2.45) is 0 Å². The molecule has 0 saturated carbocycles. The van der Waals surface area contributed by atoms with Crippen molar-refractivity contribution in [1.82, 2.24) is 15.0 Å². The lowest BCUT2D eigenvalue weighted by Crippen LogP contribution is -2.31. The van der Waals surface area contributed by atoms with Crippen molar-refractivity contribution < 1.29 is 9.53 Å². The SMILES string of the molecule is CCOc1cccc2sc(N(Cc3ccccn3)C(=O)c3cc(-c4ccccc4)nc4ccccc34)nc12. The predicted molar refractivity (Wildman–Crippen MR) is 153 cm³/mol. The van der Waals surface area contributed by atoms with Crippen molar-refractivity contribution in [2.45, 2.75) is 13.5 Å². The minimum atomic E-state index is -0.163. The molecule has 3 aromatic heterocycles. The van der Waals surface area contributed by atoms with Crippen LogP contribution in [0.4, 0.5) is 5.13 Å². The monoisotopic (exact) mass is 516 g/mol. The highest BCUT2D eigenvalue weighted by atomic mass is 32.1. The van der Waals surface area contributed by atoms with E-state index in [2.05, 4.69) is 4.98 Å². The number of carbonyl (C=O) groups excluding carboxylic acids is 1. The van der Waals surface area contributed by atoms with Gasteiger partial charge < -0.3 is 4.74 Å². The molecule has 6 nitrogen and oxygen atoms in total. The van der Waals surface area contributed by atoms with Gasteiger partial charge in [-0.2, -0.15) is 0 Å². The van der Waals surface area contributed by atoms with Crippen LogP contribution in [-0.4, -0.2) is 27.5 Å². The summed E-state index contributed by atoms with van der Waals surface area (Å²) in [4.78, 5) is 30.4. The summed E-state index contributed by atoms with van der Waals surface area (Å²) < 4.78 is 6.77. The molecule has 0 atom stereocenters. The van der Waals surface area contributed by atoms with Gasteiger partial charge in [-0.05, 0) is 43.3 Å². The van der Waals surface area contributed by atoms with Gasteiger partial charge in [0.1, 0.15) is 11.3 Å². The summed E-state index contributed by atoms with van der Waals surface area (Å²) in [6.45, 7) is 2.76. The molecule has 0 saturated heterocycles. The van der Waals surface area contributed by atoms with E-state index in [1.165, 1.54) is 11.3 Å². The van der Waals surface area contributed by atoms with Gasteiger partial charge in [0.2, 0.25) is 0 Å². The first-order valence-corrected chi connectivity index (χ1v) is 13.2. The van der Waals surface area contributed by atoms with Crippen LogP contribution in [0.25, 0.3) is 32.4 Å². The van der Waals surface area contributed by atoms with Crippen LogP contribution < -0.4 is 9.64 Å². The van der Waals surface area contributed by atoms with Crippen LogP contribution in [0, 0.1) is 0 Å². The third-order valence-electron chi connectivity index (χ3n) is 6.21. The minimum absolute atomic E-state index is 0.163. The Morgan fingerprint density at radius 1 is 0.895 bits per heavy atom. The van der Waals surface area contributed by atoms with E-state index in [9.17, 15) is 4.79 Å². The van der Waals surface area contributed by atoms with Crippen molar-refractivity contribution in [3.8, 4) is 17.0 Å². The molecule has 38 heavy (non-hydrogen) atoms. The maximum absolute atomic E-state index is 14.4. The summed E-state index contributed by atoms with van der Waals surface area (Å²) >= 11 is 1.46. The molecule has 0 radical (unpaired) electrons. The Labute approximate surface area is 224 Å². The average Bonchev–Trinajstić information content (AvgIpc) is 3.41. The molecule has 6 rings (SSSR count). The number of rotatable bonds is 7. The van der Waals surface area contributed by atoms with Gasteiger partial charge in [-0.25, -0.2) is 9.97 Å². The van der Waals surface area contributed by atoms with Crippen LogP contribution in [-0.2, 0) is 6.54 Å². The zero-order valence-corrected chi connectivity index (χ0v) is 21.6. The number of carbonyl (C=O) groups is 1. The molecule has 1 amide bonds. The molecular formula is C31H24N4O2S. The number of hydrogen-bond donors (Lipinski definition) is 0. The Morgan fingerprint density at radius 2 is 1.71 bits per heavy atom. The normalized spacial score (nSPS) is 11.1. The third kappa shape index (κ3) is 4.60. The minimum Gasteiger partial charge on any atom is -0.492 e. The number of anilines is 1. The summed E-state index contributed by atoms with van der Waals surface area (Å²) in [5.41, 5.74) is 4.54. The van der Waals surface area contributed by atoms with Crippen molar-refractivity contribution in [3.05, 3.63) is 115 Å². The molecule has 0 aliphatic rings. The van der Waals surface area contributed by atoms with Gasteiger partial charge in [-0.3, -0.25) is 14.7 Å². The number of pyridine rings is 2. The fourth-order valence-electron chi connectivity index (χ4n) is 4.43. The van der Waals surface area contributed by atoms with E-state index in [0.29, 0.717) is 23.1 Å². The highest BCUT2D eigenvalue weighted by molar-refractivity contribution is 7.22. The van der Waals surface area contributed by atoms with E-state index >= 15 is 0 Å². The fraction of sp³-hybridized carbons (Fsp3) is 0.0968. The molecule has 0 spiro atoms. The Hall–Kier alpha value is -4.62. The zero-order valence-electron chi connectivity index (χ0n) is 20.7. The predicted octanol–water partition coefficient (Wildman–Crippen LogP) is 7.15. The highest BCUT2D eigenvalue weighted by Crippen LogP contribution is 2.36. The Kier molecular flexibility index (Phi) is 6.50. The van der Waals surface area contributed by atoms with Crippen molar-refractivity contribution in [2.75, 3.05) is 11.5 Å². The first-order valence-electron chi connectivity index (χ1n) is 12.4. The van der Waals surface area contributed by atoms with E-state index in [1.54, 1.807) is 11.1 Å². The van der Waals surface area contributed by atoms with Gasteiger partial charge in [0.25, 0.3) is 5.91 Å². The van der Waals surface area contributed by atoms with Crippen LogP contribution >= 0.6 is 11.3 Å². The standard InChI is InChI=1S/C31H24N4O2S/c1-2-37-27-16-10-17-28-29(27)34-31(38-28)35(20-22-13-8-9-18-32-22)30(36)24-19-26(21-11-4-3-5-12-21)33-25-15-7-6-14-23(24)25/h3-19H,2,20H2,1H3. The second-order valence-corrected chi connectivity index (χ2v) is 9.69. The third-order valence-corrected chi connectivity index (χ3v) is 7.25. The fourth-order valence-corrected chi connectivity index (χ4v) is 5.41. The number of benzene rings is 3. The van der Waals surface area contributed by atoms with Crippen LogP contribution in [0.2, 0.25) is 0 Å². The topological polar surface area (TPSA) is 68.2 Å². The quantitative estimate of drug-likeness (QED) is 0.225. The molecule has 0 unspecified atom stereocenters. The van der Waals surface area contributed by atoms with Crippen molar-refractivity contribution >= 4 is 43.5 Å². The van der Waals surface area contributed by atoms with Crippen molar-refractivity contribution in [3.63, 3.8) is 0 Å². The lowest BCUT2D eigenvalue weighted by Gasteiger charge is -2.21. The van der Waals surface area contributed by atoms with Crippen LogP contribution in [0.15, 0.2) is 103 Å². The number of ether oxygens (including phenoxy) is 1. The van der Waals surface area contributed by atoms with E-state index in [-0.39, 0.29) is 12.5 Å². The van der Waals surface area contributed by atoms with Gasteiger partial charge in [-0.1, -0.05) is 72.0 Å². The first kappa shape index (κ1) is 23.8. The molecule has 0 aliphatic heterocycles. The van der Waals surface area contributed by atoms with Gasteiger partial charge >= 0.3 is 0 Å². The summed E-state index contributed by atoms with van der Waals surface area (Å²) in [6, 6.07) is 31.1. The number of para-hydroxylation sites is 2. The summed E-state index contributed by atoms with van der Waals surface area (Å²) in [6.07, 6.45) is 1.73. The number of thiazole rings is 1.